The Bertz CT molecular complexity index is 2350. The fraction of sp³-hybridized carbons (Fsp3) is 1.00. The van der Waals surface area contributed by atoms with E-state index < -0.39 is 0 Å². The Morgan fingerprint density at radius 2 is 0.384 bits per heavy atom. The smallest absolute Gasteiger partial charge is 0.0493 e. The van der Waals surface area contributed by atoms with Crippen LogP contribution in [0, 0.1) is 189 Å². The van der Waals surface area contributed by atoms with Crippen LogP contribution < -0.4 is 0 Å². The predicted octanol–water partition coefficient (Wildman–Crippen LogP) is 27.9. The van der Waals surface area contributed by atoms with Crippen molar-refractivity contribution in [2.45, 2.75) is 364 Å². The Hall–Kier alpha value is -0.320. The Morgan fingerprint density at radius 1 is 0.152 bits per heavy atom. The topological polar surface area (TPSA) is 73.8 Å². The molecule has 16 rings (SSSR count). The van der Waals surface area contributed by atoms with Crippen molar-refractivity contribution in [3.8, 4) is 0 Å². The standard InChI is InChI=1S/2C14H26O.4C13H24O.2C12H22O/c1-3-11-4-6-14-9-12(10-15-2)5-7-13(14)8-11;1-3-11-7-8-14-12(9-11)5-4-6-13(14)10-15-2;1-3-10-4-7-13-11(8-10)5-6-12(13)9-14-2;1-3-10-6-12-5-4-11(9-14-2)8-13(12)7-10;1-3-10-4-5-12-7-11(9-14-2)8-13(12)6-10;1-3-10-7-11-5-4-6-12(9-14-2)13(11)8-10;1-3-9-4-11-6-10(8-13-2)7-12(11)5-9;1-3-9-4-6-12-10(8-13-2)5-7-11(9)12/h2*11-14H,3-10H2,1-2H3;4*10-13H,3-9H2,1-2H3;2*9-12H,3-8H2,1-2H3. The number of ether oxygens (including phenoxy) is 8. The van der Waals surface area contributed by atoms with E-state index in [0.29, 0.717) is 0 Å². The quantitative estimate of drug-likeness (QED) is 0.0946. The van der Waals surface area contributed by atoms with Crippen molar-refractivity contribution in [3.63, 3.8) is 0 Å². The highest BCUT2D eigenvalue weighted by Gasteiger charge is 2.47. The zero-order valence-electron chi connectivity index (χ0n) is 77.3. The minimum atomic E-state index is 0.870. The first kappa shape index (κ1) is 95.5. The van der Waals surface area contributed by atoms with E-state index in [1.54, 1.807) is 0 Å². The maximum Gasteiger partial charge on any atom is 0.0493 e. The van der Waals surface area contributed by atoms with Crippen LogP contribution in [0.15, 0.2) is 0 Å². The van der Waals surface area contributed by atoms with Crippen molar-refractivity contribution < 1.29 is 37.9 Å². The zero-order chi connectivity index (χ0) is 79.7. The van der Waals surface area contributed by atoms with Gasteiger partial charge in [0.25, 0.3) is 0 Å². The second-order valence-electron chi connectivity index (χ2n) is 42.7. The van der Waals surface area contributed by atoms with Crippen LogP contribution in [-0.2, 0) is 37.9 Å². The molecule has 16 aliphatic carbocycles. The van der Waals surface area contributed by atoms with Crippen LogP contribution in [-0.4, -0.2) is 110 Å². The summed E-state index contributed by atoms with van der Waals surface area (Å²) in [6.07, 6.45) is 70.4. The molecular weight excluding hydrogens is 1380 g/mol. The fourth-order valence-electron chi connectivity index (χ4n) is 30.1. The second kappa shape index (κ2) is 52.2. The van der Waals surface area contributed by atoms with Crippen molar-refractivity contribution in [1.29, 1.82) is 0 Å². The van der Waals surface area contributed by atoms with Gasteiger partial charge >= 0.3 is 0 Å². The SMILES string of the molecule is CCC1CC2CC(COC)CC2C1.CCC1CC2CCC(COC)CC2C1.CCC1CC2CCCC(COC)C2C1.CCC1CCC2C(COC)CCC12.CCC1CCC2C(COC)CCC2C1.CCC1CCC2C(COC)CCCC2C1.CCC1CCC2CC(COC)CC2C1.CCC1CCC2CC(COC)CCC2C1. The van der Waals surface area contributed by atoms with Gasteiger partial charge in [0.05, 0.1) is 0 Å². The van der Waals surface area contributed by atoms with Crippen LogP contribution >= 0.6 is 0 Å². The van der Waals surface area contributed by atoms with Crippen LogP contribution in [0.3, 0.4) is 0 Å². The van der Waals surface area contributed by atoms with E-state index in [-0.39, 0.29) is 0 Å². The number of fused-ring (bicyclic) bond motifs is 8. The monoisotopic (exact) mass is 1570 g/mol. The van der Waals surface area contributed by atoms with E-state index in [1.807, 2.05) is 56.9 Å². The molecule has 16 fully saturated rings. The molecule has 0 heterocycles. The molecule has 0 aromatic heterocycles. The zero-order valence-corrected chi connectivity index (χ0v) is 77.3. The molecule has 0 N–H and O–H groups in total. The molecule has 656 valence electrons. The molecule has 0 radical (unpaired) electrons. The summed E-state index contributed by atoms with van der Waals surface area (Å²) in [5.41, 5.74) is 0. The Morgan fingerprint density at radius 3 is 0.812 bits per heavy atom. The molecule has 0 aromatic rings. The molecular formula is C104H192O8. The highest BCUT2D eigenvalue weighted by atomic mass is 16.5. The first-order chi connectivity index (χ1) is 54.7. The summed E-state index contributed by atoms with van der Waals surface area (Å²) in [5, 5.41) is 0. The fourth-order valence-corrected chi connectivity index (χ4v) is 30.1. The Kier molecular flexibility index (Phi) is 44.5. The van der Waals surface area contributed by atoms with Gasteiger partial charge < -0.3 is 37.9 Å². The molecule has 112 heavy (non-hydrogen) atoms. The van der Waals surface area contributed by atoms with E-state index >= 15 is 0 Å². The van der Waals surface area contributed by atoms with Gasteiger partial charge in [0.2, 0.25) is 0 Å². The van der Waals surface area contributed by atoms with Gasteiger partial charge in [0.1, 0.15) is 0 Å². The molecule has 0 saturated heterocycles. The van der Waals surface area contributed by atoms with Gasteiger partial charge in [-0.25, -0.2) is 0 Å². The number of hydrogen-bond acceptors (Lipinski definition) is 8. The van der Waals surface area contributed by atoms with Gasteiger partial charge in [-0.3, -0.25) is 0 Å². The lowest BCUT2D eigenvalue weighted by molar-refractivity contribution is 0.0256. The summed E-state index contributed by atoms with van der Waals surface area (Å²) in [6.45, 7) is 26.9. The lowest BCUT2D eigenvalue weighted by atomic mass is 9.63. The van der Waals surface area contributed by atoms with Crippen LogP contribution in [0.4, 0.5) is 0 Å². The van der Waals surface area contributed by atoms with Crippen LogP contribution in [0.5, 0.6) is 0 Å². The van der Waals surface area contributed by atoms with Gasteiger partial charge in [0.15, 0.2) is 0 Å². The summed E-state index contributed by atoms with van der Waals surface area (Å²) < 4.78 is 42.5. The van der Waals surface area contributed by atoms with E-state index in [1.165, 1.54) is 308 Å². The highest BCUT2D eigenvalue weighted by molar-refractivity contribution is 4.97. The predicted molar refractivity (Wildman–Crippen MR) is 474 cm³/mol. The van der Waals surface area contributed by atoms with Gasteiger partial charge in [-0.1, -0.05) is 158 Å². The summed E-state index contributed by atoms with van der Waals surface area (Å²) in [5.74, 6) is 32.1. The maximum absolute atomic E-state index is 5.38. The molecule has 0 amide bonds. The van der Waals surface area contributed by atoms with Crippen molar-refractivity contribution in [1.82, 2.24) is 0 Å². The summed E-state index contributed by atoms with van der Waals surface area (Å²) in [4.78, 5) is 0. The van der Waals surface area contributed by atoms with E-state index in [9.17, 15) is 0 Å². The molecule has 0 aliphatic heterocycles. The van der Waals surface area contributed by atoms with Crippen LogP contribution in [0.1, 0.15) is 364 Å². The normalized spacial score (nSPS) is 42.4. The van der Waals surface area contributed by atoms with Crippen LogP contribution in [0.25, 0.3) is 0 Å². The van der Waals surface area contributed by atoms with Crippen molar-refractivity contribution in [2.24, 2.45) is 189 Å². The molecule has 0 bridgehead atoms. The number of rotatable bonds is 24. The summed E-state index contributed by atoms with van der Waals surface area (Å²) in [6, 6.07) is 0. The largest absolute Gasteiger partial charge is 0.384 e. The average Bonchev–Trinajstić information content (AvgIpc) is 1.41. The van der Waals surface area contributed by atoms with Gasteiger partial charge in [-0.2, -0.15) is 0 Å². The average molecular weight is 1570 g/mol. The maximum atomic E-state index is 5.38. The third kappa shape index (κ3) is 28.6. The van der Waals surface area contributed by atoms with Crippen molar-refractivity contribution in [3.05, 3.63) is 0 Å². The minimum Gasteiger partial charge on any atom is -0.384 e. The highest BCUT2D eigenvalue weighted by Crippen LogP contribution is 2.56. The molecule has 30 atom stereocenters. The summed E-state index contributed by atoms with van der Waals surface area (Å²) >= 11 is 0. The Labute approximate surface area is 696 Å². The first-order valence-electron chi connectivity index (χ1n) is 50.6. The van der Waals surface area contributed by atoms with Gasteiger partial charge in [-0.15, -0.1) is 0 Å². The lowest BCUT2D eigenvalue weighted by Gasteiger charge is -2.43. The molecule has 0 aromatic carbocycles. The van der Waals surface area contributed by atoms with Gasteiger partial charge in [0, 0.05) is 110 Å². The molecule has 0 spiro atoms. The van der Waals surface area contributed by atoms with E-state index in [0.717, 1.165) is 242 Å². The van der Waals surface area contributed by atoms with Gasteiger partial charge in [-0.05, 0) is 395 Å². The van der Waals surface area contributed by atoms with Crippen LogP contribution in [0.2, 0.25) is 0 Å². The summed E-state index contributed by atoms with van der Waals surface area (Å²) in [7, 11) is 14.8. The molecule has 8 heteroatoms. The Balaban J connectivity index is 0.000000147. The second-order valence-corrected chi connectivity index (χ2v) is 42.7. The van der Waals surface area contributed by atoms with Crippen molar-refractivity contribution >= 4 is 0 Å². The first-order valence-corrected chi connectivity index (χ1v) is 50.6. The number of hydrogen-bond donors (Lipinski definition) is 0. The van der Waals surface area contributed by atoms with E-state index in [4.69, 9.17) is 37.9 Å². The molecule has 8 nitrogen and oxygen atoms in total. The third-order valence-electron chi connectivity index (χ3n) is 36.5. The van der Waals surface area contributed by atoms with Crippen molar-refractivity contribution in [2.75, 3.05) is 110 Å². The molecule has 16 aliphatic rings. The number of methoxy groups -OCH3 is 8. The third-order valence-corrected chi connectivity index (χ3v) is 36.5. The molecule has 16 saturated carbocycles. The minimum absolute atomic E-state index is 0.870. The lowest BCUT2D eigenvalue weighted by Crippen LogP contribution is -2.35. The van der Waals surface area contributed by atoms with E-state index in [2.05, 4.69) is 55.4 Å². The molecule has 30 unspecified atom stereocenters.